The van der Waals surface area contributed by atoms with Crippen molar-refractivity contribution >= 4 is 5.91 Å². The Morgan fingerprint density at radius 3 is 2.72 bits per heavy atom. The third kappa shape index (κ3) is 7.74. The summed E-state index contributed by atoms with van der Waals surface area (Å²) in [6.07, 6.45) is 11.2. The van der Waals surface area contributed by atoms with Crippen LogP contribution in [0.5, 0.6) is 0 Å². The average molecular weight is 347 g/mol. The van der Waals surface area contributed by atoms with Gasteiger partial charge in [-0.25, -0.2) is 0 Å². The van der Waals surface area contributed by atoms with Gasteiger partial charge in [0.1, 0.15) is 6.54 Å². The van der Waals surface area contributed by atoms with Crippen molar-refractivity contribution in [1.29, 1.82) is 5.26 Å². The number of nitriles is 1. The summed E-state index contributed by atoms with van der Waals surface area (Å²) in [5.41, 5.74) is 0. The molecule has 1 aliphatic carbocycles. The summed E-state index contributed by atoms with van der Waals surface area (Å²) >= 11 is 0. The van der Waals surface area contributed by atoms with Gasteiger partial charge in [-0.15, -0.1) is 0 Å². The molecule has 0 spiro atoms. The lowest BCUT2D eigenvalue weighted by Crippen LogP contribution is -2.39. The number of carbonyl (C=O) groups excluding carboxylic acids is 1. The summed E-state index contributed by atoms with van der Waals surface area (Å²) < 4.78 is 0. The lowest BCUT2D eigenvalue weighted by atomic mass is 10.1. The van der Waals surface area contributed by atoms with Crippen LogP contribution in [0.4, 0.5) is 0 Å². The third-order valence-electron chi connectivity index (χ3n) is 4.74. The summed E-state index contributed by atoms with van der Waals surface area (Å²) in [5, 5.41) is 12.3. The van der Waals surface area contributed by atoms with Gasteiger partial charge in [-0.05, 0) is 44.1 Å². The number of nitrogens with one attached hydrogen (secondary N) is 1. The number of rotatable bonds is 8. The number of hydrogen-bond acceptors (Lipinski definition) is 4. The van der Waals surface area contributed by atoms with E-state index in [0.29, 0.717) is 25.0 Å². The lowest BCUT2D eigenvalue weighted by Gasteiger charge is -2.21. The fraction of sp³-hybridized carbons (Fsp3) is 0.700. The molecule has 2 rings (SSSR count). The van der Waals surface area contributed by atoms with Gasteiger partial charge >= 0.3 is 0 Å². The van der Waals surface area contributed by atoms with Crippen molar-refractivity contribution in [1.82, 2.24) is 15.1 Å². The maximum Gasteiger partial charge on any atom is 0.236 e. The van der Waals surface area contributed by atoms with E-state index in [1.54, 1.807) is 6.08 Å². The molecule has 25 heavy (non-hydrogen) atoms. The van der Waals surface area contributed by atoms with Crippen LogP contribution in [0.2, 0.25) is 0 Å². The third-order valence-corrected chi connectivity index (χ3v) is 4.74. The number of allylic oxidation sites excluding steroid dienone is 2. The Balaban J connectivity index is 0.00000151. The van der Waals surface area contributed by atoms with Crippen molar-refractivity contribution in [2.45, 2.75) is 52.0 Å². The van der Waals surface area contributed by atoms with Gasteiger partial charge in [-0.3, -0.25) is 4.79 Å². The highest BCUT2D eigenvalue weighted by atomic mass is 16.2. The summed E-state index contributed by atoms with van der Waals surface area (Å²) in [5.74, 6) is 0.822. The first-order chi connectivity index (χ1) is 12.2. The first-order valence-electron chi connectivity index (χ1n) is 9.64. The predicted octanol–water partition coefficient (Wildman–Crippen LogP) is 2.92. The smallest absolute Gasteiger partial charge is 0.236 e. The molecule has 2 fully saturated rings. The van der Waals surface area contributed by atoms with Crippen LogP contribution in [0.1, 0.15) is 46.0 Å². The predicted molar refractivity (Wildman–Crippen MR) is 103 cm³/mol. The lowest BCUT2D eigenvalue weighted by molar-refractivity contribution is -0.129. The summed E-state index contributed by atoms with van der Waals surface area (Å²) in [4.78, 5) is 16.1. The minimum Gasteiger partial charge on any atom is -0.364 e. The highest BCUT2D eigenvalue weighted by molar-refractivity contribution is 5.78. The molecule has 0 radical (unpaired) electrons. The zero-order valence-electron chi connectivity index (χ0n) is 15.9. The average Bonchev–Trinajstić information content (AvgIpc) is 3.31. The van der Waals surface area contributed by atoms with Crippen LogP contribution in [0, 0.1) is 17.2 Å². The van der Waals surface area contributed by atoms with Crippen LogP contribution in [0.25, 0.3) is 0 Å². The maximum absolute atomic E-state index is 12.1. The molecule has 0 aromatic rings. The van der Waals surface area contributed by atoms with Crippen LogP contribution in [0.15, 0.2) is 24.9 Å². The van der Waals surface area contributed by atoms with Crippen molar-refractivity contribution in [3.63, 3.8) is 0 Å². The molecule has 140 valence electrons. The van der Waals surface area contributed by atoms with E-state index in [4.69, 9.17) is 5.26 Å². The van der Waals surface area contributed by atoms with Crippen molar-refractivity contribution in [3.8, 4) is 6.07 Å². The number of likely N-dealkylation sites (tertiary alicyclic amines) is 1. The Morgan fingerprint density at radius 1 is 1.36 bits per heavy atom. The molecule has 2 unspecified atom stereocenters. The van der Waals surface area contributed by atoms with Crippen molar-refractivity contribution in [2.24, 2.45) is 5.92 Å². The standard InChI is InChI=1S/C18H28N4O.C2H6/c1-2-3-9-21(12-8-19)15-16-6-7-17(13-16)20-14-18(23)22-10-4-5-11-22;1-2/h2-3,9,16-17,20H,1,4-7,10-15H2;1-2H3/b9-3-;. The van der Waals surface area contributed by atoms with E-state index in [-0.39, 0.29) is 5.91 Å². The molecule has 5 nitrogen and oxygen atoms in total. The van der Waals surface area contributed by atoms with E-state index in [2.05, 4.69) is 18.0 Å². The minimum absolute atomic E-state index is 0.242. The van der Waals surface area contributed by atoms with Gasteiger partial charge in [0.05, 0.1) is 12.6 Å². The maximum atomic E-state index is 12.1. The SMILES string of the molecule is C=C/C=C\N(CC#N)CC1CCC(NCC(=O)N2CCCC2)C1.CC. The highest BCUT2D eigenvalue weighted by Gasteiger charge is 2.26. The molecule has 2 atom stereocenters. The summed E-state index contributed by atoms with van der Waals surface area (Å²) in [7, 11) is 0. The zero-order chi connectivity index (χ0) is 18.5. The van der Waals surface area contributed by atoms with E-state index in [0.717, 1.165) is 51.7 Å². The number of hydrogen-bond donors (Lipinski definition) is 1. The van der Waals surface area contributed by atoms with Crippen molar-refractivity contribution in [3.05, 3.63) is 24.9 Å². The molecule has 1 N–H and O–H groups in total. The largest absolute Gasteiger partial charge is 0.364 e. The Bertz CT molecular complexity index is 463. The van der Waals surface area contributed by atoms with E-state index in [9.17, 15) is 4.79 Å². The van der Waals surface area contributed by atoms with Crippen LogP contribution in [0.3, 0.4) is 0 Å². The molecule has 1 amide bonds. The van der Waals surface area contributed by atoms with E-state index < -0.39 is 0 Å². The second kappa shape index (κ2) is 12.5. The van der Waals surface area contributed by atoms with E-state index in [1.807, 2.05) is 35.9 Å². The summed E-state index contributed by atoms with van der Waals surface area (Å²) in [6.45, 7) is 11.3. The molecule has 1 saturated carbocycles. The molecule has 1 heterocycles. The quantitative estimate of drug-likeness (QED) is 0.542. The Kier molecular flexibility index (Phi) is 10.7. The molecular weight excluding hydrogens is 312 g/mol. The highest BCUT2D eigenvalue weighted by Crippen LogP contribution is 2.26. The first kappa shape index (κ1) is 21.2. The van der Waals surface area contributed by atoms with E-state index in [1.165, 1.54) is 0 Å². The zero-order valence-corrected chi connectivity index (χ0v) is 15.9. The van der Waals surface area contributed by atoms with Crippen molar-refractivity contribution in [2.75, 3.05) is 32.7 Å². The molecule has 1 saturated heterocycles. The fourth-order valence-corrected chi connectivity index (χ4v) is 3.52. The van der Waals surface area contributed by atoms with Gasteiger partial charge in [0.25, 0.3) is 0 Å². The molecule has 1 aliphatic heterocycles. The van der Waals surface area contributed by atoms with Gasteiger partial charge < -0.3 is 15.1 Å². The van der Waals surface area contributed by atoms with Crippen LogP contribution >= 0.6 is 0 Å². The monoisotopic (exact) mass is 346 g/mol. The topological polar surface area (TPSA) is 59.4 Å². The van der Waals surface area contributed by atoms with Gasteiger partial charge in [-0.2, -0.15) is 5.26 Å². The first-order valence-corrected chi connectivity index (χ1v) is 9.64. The van der Waals surface area contributed by atoms with Gasteiger partial charge in [-0.1, -0.05) is 26.5 Å². The molecule has 5 heteroatoms. The molecule has 2 aliphatic rings. The van der Waals surface area contributed by atoms with E-state index >= 15 is 0 Å². The molecule has 0 aromatic heterocycles. The minimum atomic E-state index is 0.242. The summed E-state index contributed by atoms with van der Waals surface area (Å²) in [6, 6.07) is 2.64. The Hall–Kier alpha value is -1.80. The normalized spacial score (nSPS) is 22.4. The second-order valence-electron chi connectivity index (χ2n) is 6.51. The number of amides is 1. The second-order valence-corrected chi connectivity index (χ2v) is 6.51. The molecule has 0 aromatic carbocycles. The van der Waals surface area contributed by atoms with Gasteiger partial charge in [0.2, 0.25) is 5.91 Å². The fourth-order valence-electron chi connectivity index (χ4n) is 3.52. The molecule has 0 bridgehead atoms. The molecular formula is C20H34N4O. The van der Waals surface area contributed by atoms with Crippen LogP contribution in [-0.2, 0) is 4.79 Å². The van der Waals surface area contributed by atoms with Gasteiger partial charge in [0, 0.05) is 31.9 Å². The number of carbonyl (C=O) groups is 1. The number of nitrogens with zero attached hydrogens (tertiary/aromatic N) is 3. The van der Waals surface area contributed by atoms with Crippen molar-refractivity contribution < 1.29 is 4.79 Å². The Morgan fingerprint density at radius 2 is 2.08 bits per heavy atom. The van der Waals surface area contributed by atoms with Gasteiger partial charge in [0.15, 0.2) is 0 Å². The van der Waals surface area contributed by atoms with Crippen LogP contribution in [-0.4, -0.2) is 54.5 Å². The Labute approximate surface area is 153 Å². The van der Waals surface area contributed by atoms with Crippen LogP contribution < -0.4 is 5.32 Å².